The minimum Gasteiger partial charge on any atom is -0.326 e. The van der Waals surface area contributed by atoms with Crippen LogP contribution in [0, 0.1) is 16.7 Å². The Morgan fingerprint density at radius 1 is 0.844 bits per heavy atom. The smallest absolute Gasteiger partial charge is 0.326 e. The monoisotopic (exact) mass is 610 g/mol. The summed E-state index contributed by atoms with van der Waals surface area (Å²) in [4.78, 5) is 9.36. The summed E-state index contributed by atoms with van der Waals surface area (Å²) in [5, 5.41) is 0. The van der Waals surface area contributed by atoms with Crippen molar-refractivity contribution < 1.29 is 37.4 Å². The molecule has 0 aromatic rings. The second-order valence-corrected chi connectivity index (χ2v) is 13.2. The molecule has 0 aliphatic heterocycles. The van der Waals surface area contributed by atoms with Gasteiger partial charge in [0.1, 0.15) is 0 Å². The summed E-state index contributed by atoms with van der Waals surface area (Å²) >= 11 is 37.2. The average Bonchev–Trinajstić information content (AvgIpc) is 2.67. The van der Waals surface area contributed by atoms with Crippen molar-refractivity contribution in [1.82, 2.24) is 0 Å². The van der Waals surface area contributed by atoms with Gasteiger partial charge in [0.15, 0.2) is 3.79 Å². The van der Waals surface area contributed by atoms with Gasteiger partial charge in [-0.1, -0.05) is 101 Å². The van der Waals surface area contributed by atoms with Crippen LogP contribution in [0.25, 0.3) is 0 Å². The third-order valence-electron chi connectivity index (χ3n) is 4.63. The molecule has 0 aliphatic rings. The van der Waals surface area contributed by atoms with Crippen molar-refractivity contribution in [3.63, 3.8) is 0 Å². The van der Waals surface area contributed by atoms with E-state index in [9.17, 15) is 9.46 Å². The second kappa shape index (κ2) is 20.8. The maximum atomic E-state index is 11.9. The Balaban J connectivity index is -0.000000646. The van der Waals surface area contributed by atoms with Gasteiger partial charge < -0.3 is 28.1 Å². The fourth-order valence-electron chi connectivity index (χ4n) is 2.34. The predicted octanol–water partition coefficient (Wildman–Crippen LogP) is 7.05. The van der Waals surface area contributed by atoms with Gasteiger partial charge in [-0.15, -0.1) is 28.0 Å². The van der Waals surface area contributed by atoms with Crippen LogP contribution >= 0.6 is 89.0 Å². The van der Waals surface area contributed by atoms with E-state index in [1.807, 2.05) is 0 Å². The van der Waals surface area contributed by atoms with Crippen LogP contribution in [0.2, 0.25) is 0 Å². The van der Waals surface area contributed by atoms with Gasteiger partial charge in [-0.05, 0) is 24.7 Å². The van der Waals surface area contributed by atoms with E-state index in [0.29, 0.717) is 25.0 Å². The summed E-state index contributed by atoms with van der Waals surface area (Å²) in [5.41, 5.74) is 0. The Morgan fingerprint density at radius 3 is 1.38 bits per heavy atom. The molecule has 0 rings (SSSR count). The molecule has 0 radical (unpaired) electrons. The van der Waals surface area contributed by atoms with Gasteiger partial charge in [-0.2, -0.15) is 0 Å². The van der Waals surface area contributed by atoms with Crippen LogP contribution in [0.5, 0.6) is 0 Å². The van der Waals surface area contributed by atoms with Crippen LogP contribution in [0.1, 0.15) is 79.1 Å². The average molecular weight is 614 g/mol. The number of phosphoric acid groups is 1. The van der Waals surface area contributed by atoms with Crippen molar-refractivity contribution in [2.75, 3.05) is 13.2 Å². The molecule has 0 heterocycles. The molecule has 2 atom stereocenters. The van der Waals surface area contributed by atoms with Crippen molar-refractivity contribution in [2.45, 2.75) is 87.2 Å². The van der Waals surface area contributed by atoms with Gasteiger partial charge in [-0.25, -0.2) is 4.57 Å². The minimum absolute atomic E-state index is 0. The van der Waals surface area contributed by atoms with E-state index in [1.165, 1.54) is 0 Å². The molecule has 13 heteroatoms. The zero-order chi connectivity index (χ0) is 24.7. The first kappa shape index (κ1) is 39.3. The number of hydrogen-bond acceptors (Lipinski definition) is 3. The molecule has 0 aromatic heterocycles. The van der Waals surface area contributed by atoms with Crippen LogP contribution in [0.3, 0.4) is 0 Å². The summed E-state index contributed by atoms with van der Waals surface area (Å²) in [5.74, 6) is 0.687. The number of phosphoric ester groups is 1. The van der Waals surface area contributed by atoms with Crippen LogP contribution in [-0.2, 0) is 13.6 Å². The largest absolute Gasteiger partial charge is 1.00 e. The van der Waals surface area contributed by atoms with Gasteiger partial charge in [-0.3, -0.25) is 9.05 Å². The van der Waals surface area contributed by atoms with E-state index >= 15 is 0 Å². The van der Waals surface area contributed by atoms with E-state index in [-0.39, 0.29) is 18.9 Å². The topological polar surface area (TPSA) is 55.8 Å². The maximum Gasteiger partial charge on any atom is 1.00 e. The normalized spacial score (nSPS) is 15.9. The van der Waals surface area contributed by atoms with E-state index in [0.717, 1.165) is 51.4 Å². The Hall–Kier alpha value is 2.74. The first-order valence-corrected chi connectivity index (χ1v) is 14.6. The van der Waals surface area contributed by atoms with Gasteiger partial charge in [0.2, 0.25) is 0 Å². The number of rotatable bonds is 15. The Bertz CT molecular complexity index is 473. The second-order valence-electron chi connectivity index (χ2n) is 7.23. The molecule has 0 aromatic carbocycles. The van der Waals surface area contributed by atoms with Crippen molar-refractivity contribution in [2.24, 2.45) is 11.8 Å². The molecule has 1 N–H and O–H groups in total. The molecule has 32 heavy (non-hydrogen) atoms. The molecule has 0 aliphatic carbocycles. The number of halogens is 7. The summed E-state index contributed by atoms with van der Waals surface area (Å²) in [6, 6.07) is 0. The molecule has 0 spiro atoms. The third kappa shape index (κ3) is 18.9. The third-order valence-corrected chi connectivity index (χ3v) is 8.91. The standard InChI is InChI=1S/C16H35O4P.C3Cl7.Li/c1-5-9-11-15(7-3)13-19-21(17,18)20-14-16(8-4)12-10-6-2;4-1(5)2(6,7)3(8,9)10;/h15-16H,5-14H2,1-4H3,(H,17,18);;/q;-1;+1. The summed E-state index contributed by atoms with van der Waals surface area (Å²) in [7, 11) is -3.89. The maximum absolute atomic E-state index is 11.9. The molecule has 2 unspecified atom stereocenters. The molecule has 190 valence electrons. The first-order chi connectivity index (χ1) is 14.2. The van der Waals surface area contributed by atoms with Crippen LogP contribution < -0.4 is 18.9 Å². The zero-order valence-electron chi connectivity index (χ0n) is 19.5. The molecule has 0 bridgehead atoms. The minimum atomic E-state index is -3.89. The number of hydrogen-bond donors (Lipinski definition) is 1. The quantitative estimate of drug-likeness (QED) is 0.0931. The van der Waals surface area contributed by atoms with E-state index in [2.05, 4.69) is 27.7 Å². The van der Waals surface area contributed by atoms with Gasteiger partial charge in [0.25, 0.3) is 0 Å². The molecular weight excluding hydrogens is 578 g/mol. The summed E-state index contributed by atoms with van der Waals surface area (Å²) < 4.78 is 18.4. The van der Waals surface area contributed by atoms with Crippen molar-refractivity contribution in [3.05, 3.63) is 4.84 Å². The number of alkyl halides is 5. The molecule has 0 saturated carbocycles. The van der Waals surface area contributed by atoms with Crippen LogP contribution in [-0.4, -0.2) is 26.2 Å². The van der Waals surface area contributed by atoms with Gasteiger partial charge >= 0.3 is 26.7 Å². The van der Waals surface area contributed by atoms with Crippen molar-refractivity contribution >= 4 is 89.0 Å². The number of unbranched alkanes of at least 4 members (excludes halogenated alkanes) is 2. The Kier molecular flexibility index (Phi) is 25.5. The molecule has 0 saturated heterocycles. The SMILES string of the molecule is CCCCC(CC)COP(=O)(O)OCC(CC)CCCC.Cl[C-](Cl)C(Cl)(Cl)C(Cl)(Cl)Cl.[Li+]. The Morgan fingerprint density at radius 2 is 1.19 bits per heavy atom. The predicted molar refractivity (Wildman–Crippen MR) is 138 cm³/mol. The van der Waals surface area contributed by atoms with E-state index < -0.39 is 20.8 Å². The fraction of sp³-hybridized carbons (Fsp3) is 0.947. The van der Waals surface area contributed by atoms with Gasteiger partial charge in [0, 0.05) is 0 Å². The van der Waals surface area contributed by atoms with Gasteiger partial charge in [0.05, 0.1) is 17.5 Å². The molecule has 4 nitrogen and oxygen atoms in total. The summed E-state index contributed by atoms with van der Waals surface area (Å²) in [6.07, 6.45) is 8.56. The first-order valence-electron chi connectivity index (χ1n) is 10.4. The van der Waals surface area contributed by atoms with Crippen molar-refractivity contribution in [3.8, 4) is 0 Å². The molecule has 0 fully saturated rings. The fourth-order valence-corrected chi connectivity index (χ4v) is 4.07. The van der Waals surface area contributed by atoms with Crippen molar-refractivity contribution in [1.29, 1.82) is 0 Å². The van der Waals surface area contributed by atoms with Crippen LogP contribution in [0.4, 0.5) is 0 Å². The Labute approximate surface area is 241 Å². The summed E-state index contributed by atoms with van der Waals surface area (Å²) in [6.45, 7) is 9.10. The molecular formula is C19H35Cl7LiO4P. The van der Waals surface area contributed by atoms with E-state index in [4.69, 9.17) is 90.3 Å². The van der Waals surface area contributed by atoms with E-state index in [1.54, 1.807) is 0 Å². The zero-order valence-corrected chi connectivity index (χ0v) is 25.7. The molecule has 0 amide bonds. The van der Waals surface area contributed by atoms with Crippen LogP contribution in [0.15, 0.2) is 0 Å².